The molecule has 0 aliphatic rings. The number of halogens is 1. The Morgan fingerprint density at radius 2 is 1.92 bits per heavy atom. The number of hydrogen-bond donors (Lipinski definition) is 0. The van der Waals surface area contributed by atoms with Gasteiger partial charge in [-0.3, -0.25) is 13.9 Å². The highest BCUT2D eigenvalue weighted by molar-refractivity contribution is 5.58. The molecule has 6 nitrogen and oxygen atoms in total. The molecule has 0 aliphatic heterocycles. The molecule has 7 heteroatoms. The van der Waals surface area contributed by atoms with Gasteiger partial charge in [-0.1, -0.05) is 18.5 Å². The molecule has 0 bridgehead atoms. The predicted molar refractivity (Wildman–Crippen MR) is 90.9 cm³/mol. The van der Waals surface area contributed by atoms with Crippen molar-refractivity contribution in [3.05, 3.63) is 75.0 Å². The Morgan fingerprint density at radius 3 is 2.64 bits per heavy atom. The number of nitrogens with zero attached hydrogens (tertiary/aromatic N) is 3. The SMILES string of the molecule is CCCCn1c(=O)ccn(Cc2cc(-c3ccc(F)cc3)no2)c1=O. The van der Waals surface area contributed by atoms with Crippen molar-refractivity contribution in [1.82, 2.24) is 14.3 Å². The third kappa shape index (κ3) is 3.76. The Labute approximate surface area is 143 Å². The fourth-order valence-electron chi connectivity index (χ4n) is 2.51. The van der Waals surface area contributed by atoms with Crippen LogP contribution >= 0.6 is 0 Å². The normalized spacial score (nSPS) is 11.0. The van der Waals surface area contributed by atoms with E-state index in [0.29, 0.717) is 18.0 Å². The van der Waals surface area contributed by atoms with Gasteiger partial charge in [0, 0.05) is 30.4 Å². The molecule has 130 valence electrons. The van der Waals surface area contributed by atoms with Gasteiger partial charge in [0.15, 0.2) is 5.76 Å². The number of rotatable bonds is 6. The molecule has 0 N–H and O–H groups in total. The van der Waals surface area contributed by atoms with Crippen LogP contribution in [0.25, 0.3) is 11.3 Å². The van der Waals surface area contributed by atoms with Gasteiger partial charge in [0.2, 0.25) is 0 Å². The van der Waals surface area contributed by atoms with E-state index in [4.69, 9.17) is 4.52 Å². The Balaban J connectivity index is 1.85. The molecule has 0 spiro atoms. The summed E-state index contributed by atoms with van der Waals surface area (Å²) in [6.45, 7) is 2.56. The first kappa shape index (κ1) is 16.9. The van der Waals surface area contributed by atoms with E-state index in [1.807, 2.05) is 6.92 Å². The standard InChI is InChI=1S/C18H18FN3O3/c1-2-3-9-22-17(23)8-10-21(18(22)24)12-15-11-16(20-25-15)13-4-6-14(19)7-5-13/h4-8,10-11H,2-3,9,12H2,1H3. The smallest absolute Gasteiger partial charge is 0.331 e. The van der Waals surface area contributed by atoms with Crippen molar-refractivity contribution in [3.63, 3.8) is 0 Å². The van der Waals surface area contributed by atoms with Crippen LogP contribution in [0.2, 0.25) is 0 Å². The van der Waals surface area contributed by atoms with E-state index in [1.165, 1.54) is 33.5 Å². The molecule has 0 radical (unpaired) electrons. The minimum Gasteiger partial charge on any atom is -0.359 e. The van der Waals surface area contributed by atoms with Gasteiger partial charge in [0.25, 0.3) is 5.56 Å². The molecule has 0 amide bonds. The fraction of sp³-hybridized carbons (Fsp3) is 0.278. The van der Waals surface area contributed by atoms with Crippen LogP contribution in [-0.4, -0.2) is 14.3 Å². The summed E-state index contributed by atoms with van der Waals surface area (Å²) >= 11 is 0. The van der Waals surface area contributed by atoms with E-state index in [9.17, 15) is 14.0 Å². The second-order valence-electron chi connectivity index (χ2n) is 5.76. The predicted octanol–water partition coefficient (Wildman–Crippen LogP) is 2.65. The lowest BCUT2D eigenvalue weighted by atomic mass is 10.1. The van der Waals surface area contributed by atoms with Crippen molar-refractivity contribution in [1.29, 1.82) is 0 Å². The first-order valence-electron chi connectivity index (χ1n) is 8.10. The molecule has 0 unspecified atom stereocenters. The zero-order valence-electron chi connectivity index (χ0n) is 13.8. The monoisotopic (exact) mass is 343 g/mol. The van der Waals surface area contributed by atoms with Gasteiger partial charge in [0.05, 0.1) is 6.54 Å². The van der Waals surface area contributed by atoms with E-state index in [0.717, 1.165) is 18.4 Å². The fourth-order valence-corrected chi connectivity index (χ4v) is 2.51. The van der Waals surface area contributed by atoms with Crippen LogP contribution in [0.15, 0.2) is 56.7 Å². The van der Waals surface area contributed by atoms with Gasteiger partial charge >= 0.3 is 5.69 Å². The van der Waals surface area contributed by atoms with Crippen LogP contribution in [-0.2, 0) is 13.1 Å². The van der Waals surface area contributed by atoms with E-state index in [2.05, 4.69) is 5.16 Å². The minimum atomic E-state index is -0.374. The highest BCUT2D eigenvalue weighted by Crippen LogP contribution is 2.19. The average molecular weight is 343 g/mol. The molecule has 0 saturated heterocycles. The molecule has 0 aliphatic carbocycles. The summed E-state index contributed by atoms with van der Waals surface area (Å²) in [6.07, 6.45) is 3.10. The van der Waals surface area contributed by atoms with Crippen LogP contribution in [0, 0.1) is 5.82 Å². The summed E-state index contributed by atoms with van der Waals surface area (Å²) < 4.78 is 20.9. The molecule has 25 heavy (non-hydrogen) atoms. The lowest BCUT2D eigenvalue weighted by Crippen LogP contribution is -2.39. The van der Waals surface area contributed by atoms with Crippen molar-refractivity contribution in [2.75, 3.05) is 0 Å². The van der Waals surface area contributed by atoms with Crippen LogP contribution in [0.4, 0.5) is 4.39 Å². The molecule has 0 saturated carbocycles. The van der Waals surface area contributed by atoms with Crippen molar-refractivity contribution in [3.8, 4) is 11.3 Å². The Kier molecular flexibility index (Phi) is 4.92. The van der Waals surface area contributed by atoms with E-state index in [-0.39, 0.29) is 23.6 Å². The van der Waals surface area contributed by atoms with E-state index < -0.39 is 0 Å². The second kappa shape index (κ2) is 7.29. The molecule has 0 fully saturated rings. The maximum Gasteiger partial charge on any atom is 0.331 e. The molecule has 2 aromatic heterocycles. The summed E-state index contributed by atoms with van der Waals surface area (Å²) in [4.78, 5) is 24.3. The van der Waals surface area contributed by atoms with Gasteiger partial charge in [-0.15, -0.1) is 0 Å². The molecule has 3 rings (SSSR count). The zero-order valence-corrected chi connectivity index (χ0v) is 13.8. The van der Waals surface area contributed by atoms with Gasteiger partial charge in [-0.25, -0.2) is 9.18 Å². The molecule has 3 aromatic rings. The molecule has 0 atom stereocenters. The molecule has 1 aromatic carbocycles. The lowest BCUT2D eigenvalue weighted by Gasteiger charge is -2.07. The third-order valence-electron chi connectivity index (χ3n) is 3.90. The van der Waals surface area contributed by atoms with Crippen LogP contribution < -0.4 is 11.2 Å². The maximum absolute atomic E-state index is 13.0. The van der Waals surface area contributed by atoms with Gasteiger partial charge in [-0.2, -0.15) is 0 Å². The Morgan fingerprint density at radius 1 is 1.16 bits per heavy atom. The van der Waals surface area contributed by atoms with Crippen LogP contribution in [0.3, 0.4) is 0 Å². The molecular formula is C18H18FN3O3. The average Bonchev–Trinajstić information content (AvgIpc) is 3.07. The quantitative estimate of drug-likeness (QED) is 0.690. The topological polar surface area (TPSA) is 70.0 Å². The van der Waals surface area contributed by atoms with Crippen molar-refractivity contribution < 1.29 is 8.91 Å². The Hall–Kier alpha value is -2.96. The first-order valence-corrected chi connectivity index (χ1v) is 8.10. The van der Waals surface area contributed by atoms with Crippen LogP contribution in [0.1, 0.15) is 25.5 Å². The molecular weight excluding hydrogens is 325 g/mol. The number of hydrogen-bond acceptors (Lipinski definition) is 4. The summed E-state index contributed by atoms with van der Waals surface area (Å²) in [5.41, 5.74) is 0.596. The van der Waals surface area contributed by atoms with Gasteiger partial charge < -0.3 is 4.52 Å². The van der Waals surface area contributed by atoms with Crippen LogP contribution in [0.5, 0.6) is 0 Å². The zero-order chi connectivity index (χ0) is 17.8. The summed E-state index contributed by atoms with van der Waals surface area (Å²) in [5.74, 6) is 0.149. The third-order valence-corrected chi connectivity index (χ3v) is 3.90. The lowest BCUT2D eigenvalue weighted by molar-refractivity contribution is 0.373. The highest BCUT2D eigenvalue weighted by Gasteiger charge is 2.10. The Bertz CT molecular complexity index is 970. The summed E-state index contributed by atoms with van der Waals surface area (Å²) in [7, 11) is 0. The molecule has 2 heterocycles. The summed E-state index contributed by atoms with van der Waals surface area (Å²) in [6, 6.07) is 8.97. The second-order valence-corrected chi connectivity index (χ2v) is 5.76. The van der Waals surface area contributed by atoms with E-state index in [1.54, 1.807) is 18.2 Å². The number of benzene rings is 1. The largest absolute Gasteiger partial charge is 0.359 e. The van der Waals surface area contributed by atoms with Crippen molar-refractivity contribution >= 4 is 0 Å². The van der Waals surface area contributed by atoms with E-state index >= 15 is 0 Å². The minimum absolute atomic E-state index is 0.166. The van der Waals surface area contributed by atoms with Gasteiger partial charge in [-0.05, 0) is 30.7 Å². The number of aromatic nitrogens is 3. The number of unbranched alkanes of at least 4 members (excludes halogenated alkanes) is 1. The van der Waals surface area contributed by atoms with Gasteiger partial charge in [0.1, 0.15) is 11.5 Å². The summed E-state index contributed by atoms with van der Waals surface area (Å²) in [5, 5.41) is 3.95. The van der Waals surface area contributed by atoms with Crippen molar-refractivity contribution in [2.45, 2.75) is 32.9 Å². The first-order chi connectivity index (χ1) is 12.1. The highest BCUT2D eigenvalue weighted by atomic mass is 19.1. The maximum atomic E-state index is 13.0. The van der Waals surface area contributed by atoms with Crippen molar-refractivity contribution in [2.24, 2.45) is 0 Å².